The third kappa shape index (κ3) is 5.79. The second-order valence-corrected chi connectivity index (χ2v) is 4.32. The van der Waals surface area contributed by atoms with Gasteiger partial charge in [-0.05, 0) is 12.5 Å². The predicted molar refractivity (Wildman–Crippen MR) is 70.9 cm³/mol. The lowest BCUT2D eigenvalue weighted by Gasteiger charge is -2.20. The van der Waals surface area contributed by atoms with Gasteiger partial charge >= 0.3 is 6.18 Å². The molecule has 0 bridgehead atoms. The minimum atomic E-state index is -4.27. The van der Waals surface area contributed by atoms with Crippen molar-refractivity contribution < 1.29 is 22.6 Å². The molecule has 0 saturated heterocycles. The molecular formula is C14H20F3NO2. The van der Waals surface area contributed by atoms with E-state index in [2.05, 4.69) is 10.1 Å². The van der Waals surface area contributed by atoms with E-state index in [0.717, 1.165) is 17.7 Å². The molecule has 114 valence electrons. The highest BCUT2D eigenvalue weighted by Crippen LogP contribution is 2.26. The van der Waals surface area contributed by atoms with Crippen LogP contribution in [-0.2, 0) is 4.74 Å². The van der Waals surface area contributed by atoms with Crippen LogP contribution in [0.5, 0.6) is 5.75 Å². The Morgan fingerprint density at radius 2 is 1.95 bits per heavy atom. The summed E-state index contributed by atoms with van der Waals surface area (Å²) in [4.78, 5) is 0. The average molecular weight is 291 g/mol. The van der Waals surface area contributed by atoms with Crippen LogP contribution in [0.25, 0.3) is 0 Å². The molecule has 0 amide bonds. The van der Waals surface area contributed by atoms with Gasteiger partial charge in [-0.1, -0.05) is 25.1 Å². The van der Waals surface area contributed by atoms with Crippen molar-refractivity contribution >= 4 is 0 Å². The van der Waals surface area contributed by atoms with Crippen molar-refractivity contribution in [3.63, 3.8) is 0 Å². The van der Waals surface area contributed by atoms with Crippen molar-refractivity contribution in [2.75, 3.05) is 26.9 Å². The Kier molecular flexibility index (Phi) is 6.81. The molecular weight excluding hydrogens is 271 g/mol. The summed E-state index contributed by atoms with van der Waals surface area (Å²) < 4.78 is 45.6. The van der Waals surface area contributed by atoms with E-state index in [4.69, 9.17) is 4.74 Å². The zero-order chi connectivity index (χ0) is 15.0. The summed E-state index contributed by atoms with van der Waals surface area (Å²) >= 11 is 0. The molecule has 1 aromatic rings. The number of hydrogen-bond acceptors (Lipinski definition) is 3. The topological polar surface area (TPSA) is 30.5 Å². The Hall–Kier alpha value is -1.27. The molecule has 1 unspecified atom stereocenters. The predicted octanol–water partition coefficient (Wildman–Crippen LogP) is 3.31. The molecule has 0 aromatic heterocycles. The molecule has 0 spiro atoms. The smallest absolute Gasteiger partial charge is 0.411 e. The standard InChI is InChI=1S/C14H20F3NO2/c1-3-12(11-6-4-5-7-13(11)19-2)18-8-9-20-10-14(15,16)17/h4-7,12,18H,3,8-10H2,1-2H3. The third-order valence-electron chi connectivity index (χ3n) is 2.83. The number of nitrogens with one attached hydrogen (secondary N) is 1. The van der Waals surface area contributed by atoms with E-state index in [1.165, 1.54) is 0 Å². The number of para-hydroxylation sites is 1. The van der Waals surface area contributed by atoms with Crippen LogP contribution < -0.4 is 10.1 Å². The Labute approximate surface area is 117 Å². The SMILES string of the molecule is CCC(NCCOCC(F)(F)F)c1ccccc1OC. The number of halogens is 3. The lowest BCUT2D eigenvalue weighted by atomic mass is 10.0. The zero-order valence-corrected chi connectivity index (χ0v) is 11.7. The van der Waals surface area contributed by atoms with E-state index in [1.54, 1.807) is 7.11 Å². The molecule has 3 nitrogen and oxygen atoms in total. The van der Waals surface area contributed by atoms with E-state index < -0.39 is 12.8 Å². The van der Waals surface area contributed by atoms with Crippen LogP contribution >= 0.6 is 0 Å². The van der Waals surface area contributed by atoms with E-state index >= 15 is 0 Å². The second kappa shape index (κ2) is 8.11. The summed E-state index contributed by atoms with van der Waals surface area (Å²) in [5.74, 6) is 0.767. The van der Waals surface area contributed by atoms with E-state index in [1.807, 2.05) is 31.2 Å². The molecule has 0 heterocycles. The Morgan fingerprint density at radius 1 is 1.25 bits per heavy atom. The largest absolute Gasteiger partial charge is 0.496 e. The van der Waals surface area contributed by atoms with Gasteiger partial charge in [0.1, 0.15) is 12.4 Å². The summed E-state index contributed by atoms with van der Waals surface area (Å²) in [5.41, 5.74) is 0.994. The lowest BCUT2D eigenvalue weighted by molar-refractivity contribution is -0.173. The van der Waals surface area contributed by atoms with Gasteiger partial charge in [-0.15, -0.1) is 0 Å². The maximum atomic E-state index is 11.9. The quantitative estimate of drug-likeness (QED) is 0.745. The Morgan fingerprint density at radius 3 is 2.55 bits per heavy atom. The van der Waals surface area contributed by atoms with Gasteiger partial charge in [0.25, 0.3) is 0 Å². The highest BCUT2D eigenvalue weighted by Gasteiger charge is 2.27. The highest BCUT2D eigenvalue weighted by molar-refractivity contribution is 5.35. The molecule has 1 atom stereocenters. The minimum absolute atomic E-state index is 0.0190. The number of ether oxygens (including phenoxy) is 2. The molecule has 0 aliphatic heterocycles. The summed E-state index contributed by atoms with van der Waals surface area (Å²) in [7, 11) is 1.60. The normalized spacial score (nSPS) is 13.2. The molecule has 1 aromatic carbocycles. The van der Waals surface area contributed by atoms with E-state index in [9.17, 15) is 13.2 Å². The van der Waals surface area contributed by atoms with Crippen molar-refractivity contribution in [1.29, 1.82) is 0 Å². The van der Waals surface area contributed by atoms with E-state index in [-0.39, 0.29) is 12.6 Å². The first-order chi connectivity index (χ1) is 9.48. The van der Waals surface area contributed by atoms with Gasteiger partial charge in [0, 0.05) is 18.2 Å². The summed E-state index contributed by atoms with van der Waals surface area (Å²) in [6.07, 6.45) is -3.47. The maximum absolute atomic E-state index is 11.9. The maximum Gasteiger partial charge on any atom is 0.411 e. The Bertz CT molecular complexity index is 396. The van der Waals surface area contributed by atoms with Gasteiger partial charge in [0.2, 0.25) is 0 Å². The Balaban J connectivity index is 2.44. The average Bonchev–Trinajstić information content (AvgIpc) is 2.42. The van der Waals surface area contributed by atoms with Gasteiger partial charge < -0.3 is 14.8 Å². The molecule has 0 aliphatic rings. The zero-order valence-electron chi connectivity index (χ0n) is 11.7. The number of alkyl halides is 3. The first-order valence-electron chi connectivity index (χ1n) is 6.48. The molecule has 0 fully saturated rings. The lowest BCUT2D eigenvalue weighted by Crippen LogP contribution is -2.27. The van der Waals surface area contributed by atoms with Crippen LogP contribution in [0.3, 0.4) is 0 Å². The van der Waals surface area contributed by atoms with Crippen molar-refractivity contribution in [1.82, 2.24) is 5.32 Å². The van der Waals surface area contributed by atoms with Crippen LogP contribution in [0.2, 0.25) is 0 Å². The molecule has 0 aliphatic carbocycles. The van der Waals surface area contributed by atoms with Crippen molar-refractivity contribution in [3.05, 3.63) is 29.8 Å². The van der Waals surface area contributed by atoms with Crippen molar-refractivity contribution in [2.24, 2.45) is 0 Å². The summed E-state index contributed by atoms with van der Waals surface area (Å²) in [5, 5.41) is 3.17. The van der Waals surface area contributed by atoms with Crippen LogP contribution in [0, 0.1) is 0 Å². The van der Waals surface area contributed by atoms with E-state index in [0.29, 0.717) is 6.54 Å². The fourth-order valence-corrected chi connectivity index (χ4v) is 1.92. The van der Waals surface area contributed by atoms with Crippen LogP contribution in [0.15, 0.2) is 24.3 Å². The second-order valence-electron chi connectivity index (χ2n) is 4.32. The molecule has 0 saturated carbocycles. The third-order valence-corrected chi connectivity index (χ3v) is 2.83. The fourth-order valence-electron chi connectivity index (χ4n) is 1.92. The van der Waals surface area contributed by atoms with Crippen LogP contribution in [0.4, 0.5) is 13.2 Å². The number of rotatable bonds is 8. The molecule has 1 rings (SSSR count). The first kappa shape index (κ1) is 16.8. The highest BCUT2D eigenvalue weighted by atomic mass is 19.4. The number of methoxy groups -OCH3 is 1. The molecule has 0 radical (unpaired) electrons. The van der Waals surface area contributed by atoms with Gasteiger partial charge in [-0.2, -0.15) is 13.2 Å². The fraction of sp³-hybridized carbons (Fsp3) is 0.571. The monoisotopic (exact) mass is 291 g/mol. The number of hydrogen-bond donors (Lipinski definition) is 1. The summed E-state index contributed by atoms with van der Waals surface area (Å²) in [6, 6.07) is 7.61. The van der Waals surface area contributed by atoms with Crippen LogP contribution in [-0.4, -0.2) is 33.0 Å². The van der Waals surface area contributed by atoms with Gasteiger partial charge in [0.15, 0.2) is 0 Å². The molecule has 1 N–H and O–H groups in total. The number of benzene rings is 1. The van der Waals surface area contributed by atoms with Gasteiger partial charge in [-0.3, -0.25) is 0 Å². The van der Waals surface area contributed by atoms with Gasteiger partial charge in [-0.25, -0.2) is 0 Å². The van der Waals surface area contributed by atoms with Crippen LogP contribution in [0.1, 0.15) is 24.9 Å². The first-order valence-corrected chi connectivity index (χ1v) is 6.48. The van der Waals surface area contributed by atoms with Crippen molar-refractivity contribution in [3.8, 4) is 5.75 Å². The molecule has 20 heavy (non-hydrogen) atoms. The minimum Gasteiger partial charge on any atom is -0.496 e. The summed E-state index contributed by atoms with van der Waals surface area (Å²) in [6.45, 7) is 1.17. The molecule has 6 heteroatoms. The van der Waals surface area contributed by atoms with Gasteiger partial charge in [0.05, 0.1) is 13.7 Å². The van der Waals surface area contributed by atoms with Crippen molar-refractivity contribution in [2.45, 2.75) is 25.6 Å².